The quantitative estimate of drug-likeness (QED) is 0.155. The van der Waals surface area contributed by atoms with E-state index < -0.39 is 0 Å². The molecule has 0 unspecified atom stereocenters. The van der Waals surface area contributed by atoms with Gasteiger partial charge in [0.25, 0.3) is 0 Å². The Kier molecular flexibility index (Phi) is 8.66. The van der Waals surface area contributed by atoms with Crippen LogP contribution in [0.1, 0.15) is 0 Å². The molecule has 0 saturated heterocycles. The van der Waals surface area contributed by atoms with Crippen molar-refractivity contribution in [1.82, 2.24) is 0 Å². The van der Waals surface area contributed by atoms with Crippen molar-refractivity contribution >= 4 is 27.8 Å². The average molecular weight is 676 g/mol. The molecule has 0 bridgehead atoms. The van der Waals surface area contributed by atoms with Crippen molar-refractivity contribution in [3.63, 3.8) is 0 Å². The summed E-state index contributed by atoms with van der Waals surface area (Å²) in [5, 5.41) is 2.49. The molecular weight excluding hydrogens is 639 g/mol. The minimum absolute atomic E-state index is 1.11. The number of benzene rings is 9. The molecule has 53 heavy (non-hydrogen) atoms. The summed E-state index contributed by atoms with van der Waals surface area (Å²) in [4.78, 5) is 2.33. The van der Waals surface area contributed by atoms with Crippen molar-refractivity contribution < 1.29 is 0 Å². The predicted octanol–water partition coefficient (Wildman–Crippen LogP) is 14.6. The number of hydrogen-bond donors (Lipinski definition) is 0. The van der Waals surface area contributed by atoms with Gasteiger partial charge in [0.15, 0.2) is 0 Å². The standard InChI is InChI=1S/C52H37N/c1-4-13-38(14-5-1)45-28-27-42-17-12-22-51(52(42)37-45)44-31-35-48(36-32-44)53(46-18-8-3-9-19-46)47-33-29-40(30-34-47)39-23-25-43(26-24-39)50-21-11-10-20-49(50)41-15-6-2-7-16-41/h1-37H. The summed E-state index contributed by atoms with van der Waals surface area (Å²) in [6.45, 7) is 0. The monoisotopic (exact) mass is 675 g/mol. The highest BCUT2D eigenvalue weighted by Gasteiger charge is 2.14. The van der Waals surface area contributed by atoms with Gasteiger partial charge >= 0.3 is 0 Å². The highest BCUT2D eigenvalue weighted by atomic mass is 15.1. The van der Waals surface area contributed by atoms with E-state index in [4.69, 9.17) is 0 Å². The van der Waals surface area contributed by atoms with E-state index in [9.17, 15) is 0 Å². The smallest absolute Gasteiger partial charge is 0.0462 e. The lowest BCUT2D eigenvalue weighted by Crippen LogP contribution is -2.09. The molecule has 0 atom stereocenters. The third-order valence-corrected chi connectivity index (χ3v) is 10.1. The van der Waals surface area contributed by atoms with Gasteiger partial charge in [0.05, 0.1) is 0 Å². The van der Waals surface area contributed by atoms with Crippen molar-refractivity contribution in [3.05, 3.63) is 224 Å². The maximum Gasteiger partial charge on any atom is 0.0462 e. The van der Waals surface area contributed by atoms with E-state index in [2.05, 4.69) is 229 Å². The number of rotatable bonds is 8. The molecule has 9 rings (SSSR count). The van der Waals surface area contributed by atoms with E-state index in [0.29, 0.717) is 0 Å². The van der Waals surface area contributed by atoms with Crippen LogP contribution in [-0.2, 0) is 0 Å². The highest BCUT2D eigenvalue weighted by molar-refractivity contribution is 5.99. The maximum absolute atomic E-state index is 2.33. The fourth-order valence-electron chi connectivity index (χ4n) is 7.40. The van der Waals surface area contributed by atoms with Crippen molar-refractivity contribution in [1.29, 1.82) is 0 Å². The lowest BCUT2D eigenvalue weighted by atomic mass is 9.93. The third kappa shape index (κ3) is 6.53. The van der Waals surface area contributed by atoms with E-state index in [1.807, 2.05) is 0 Å². The molecule has 0 amide bonds. The Morgan fingerprint density at radius 1 is 0.226 bits per heavy atom. The SMILES string of the molecule is c1ccc(-c2ccc3cccc(-c4ccc(N(c5ccccc5)c5ccc(-c6ccc(-c7ccccc7-c7ccccc7)cc6)cc5)cc4)c3c2)cc1. The first-order valence-corrected chi connectivity index (χ1v) is 18.2. The summed E-state index contributed by atoms with van der Waals surface area (Å²) >= 11 is 0. The van der Waals surface area contributed by atoms with Gasteiger partial charge in [-0.2, -0.15) is 0 Å². The second-order valence-corrected chi connectivity index (χ2v) is 13.4. The molecular formula is C52H37N. The van der Waals surface area contributed by atoms with Crippen LogP contribution in [0, 0.1) is 0 Å². The van der Waals surface area contributed by atoms with Gasteiger partial charge in [-0.25, -0.2) is 0 Å². The number of para-hydroxylation sites is 1. The van der Waals surface area contributed by atoms with Crippen LogP contribution in [-0.4, -0.2) is 0 Å². The Morgan fingerprint density at radius 2 is 0.604 bits per heavy atom. The topological polar surface area (TPSA) is 3.24 Å². The lowest BCUT2D eigenvalue weighted by molar-refractivity contribution is 1.28. The number of anilines is 3. The molecule has 0 saturated carbocycles. The summed E-state index contributed by atoms with van der Waals surface area (Å²) in [6.07, 6.45) is 0. The van der Waals surface area contributed by atoms with Crippen molar-refractivity contribution in [2.75, 3.05) is 4.90 Å². The number of nitrogens with zero attached hydrogens (tertiary/aromatic N) is 1. The van der Waals surface area contributed by atoms with Gasteiger partial charge in [-0.1, -0.05) is 182 Å². The van der Waals surface area contributed by atoms with E-state index in [-0.39, 0.29) is 0 Å². The lowest BCUT2D eigenvalue weighted by Gasteiger charge is -2.26. The molecule has 0 radical (unpaired) electrons. The molecule has 9 aromatic rings. The first-order valence-electron chi connectivity index (χ1n) is 18.2. The molecule has 250 valence electrons. The second-order valence-electron chi connectivity index (χ2n) is 13.4. The Bertz CT molecular complexity index is 2610. The molecule has 0 aromatic heterocycles. The zero-order valence-corrected chi connectivity index (χ0v) is 29.3. The van der Waals surface area contributed by atoms with Crippen LogP contribution in [0.2, 0.25) is 0 Å². The largest absolute Gasteiger partial charge is 0.311 e. The molecule has 9 aromatic carbocycles. The summed E-state index contributed by atoms with van der Waals surface area (Å²) in [7, 11) is 0. The van der Waals surface area contributed by atoms with Gasteiger partial charge < -0.3 is 4.90 Å². The van der Waals surface area contributed by atoms with Crippen LogP contribution in [0.5, 0.6) is 0 Å². The van der Waals surface area contributed by atoms with Crippen LogP contribution < -0.4 is 4.90 Å². The third-order valence-electron chi connectivity index (χ3n) is 10.1. The molecule has 0 aliphatic heterocycles. The van der Waals surface area contributed by atoms with Gasteiger partial charge in [0.1, 0.15) is 0 Å². The van der Waals surface area contributed by atoms with Gasteiger partial charge in [-0.3, -0.25) is 0 Å². The fourth-order valence-corrected chi connectivity index (χ4v) is 7.40. The molecule has 1 heteroatoms. The predicted molar refractivity (Wildman–Crippen MR) is 226 cm³/mol. The van der Waals surface area contributed by atoms with Crippen LogP contribution >= 0.6 is 0 Å². The van der Waals surface area contributed by atoms with Crippen molar-refractivity contribution in [2.45, 2.75) is 0 Å². The Labute approximate surface area is 311 Å². The van der Waals surface area contributed by atoms with Crippen LogP contribution in [0.4, 0.5) is 17.1 Å². The van der Waals surface area contributed by atoms with Crippen molar-refractivity contribution in [2.24, 2.45) is 0 Å². The molecule has 0 fully saturated rings. The van der Waals surface area contributed by atoms with E-state index in [1.165, 1.54) is 66.4 Å². The first-order chi connectivity index (χ1) is 26.3. The van der Waals surface area contributed by atoms with E-state index >= 15 is 0 Å². The molecule has 1 nitrogen and oxygen atoms in total. The van der Waals surface area contributed by atoms with E-state index in [1.54, 1.807) is 0 Å². The fraction of sp³-hybridized carbons (Fsp3) is 0. The zero-order valence-electron chi connectivity index (χ0n) is 29.3. The van der Waals surface area contributed by atoms with Gasteiger partial charge in [0.2, 0.25) is 0 Å². The Balaban J connectivity index is 1.02. The summed E-state index contributed by atoms with van der Waals surface area (Å²) < 4.78 is 0. The van der Waals surface area contributed by atoms with Crippen LogP contribution in [0.15, 0.2) is 224 Å². The minimum atomic E-state index is 1.11. The Hall–Kier alpha value is -6.96. The van der Waals surface area contributed by atoms with E-state index in [0.717, 1.165) is 17.1 Å². The summed E-state index contributed by atoms with van der Waals surface area (Å²) in [6, 6.07) is 80.7. The highest BCUT2D eigenvalue weighted by Crippen LogP contribution is 2.39. The molecule has 0 aliphatic rings. The van der Waals surface area contributed by atoms with Gasteiger partial charge in [0, 0.05) is 17.1 Å². The molecule has 0 N–H and O–H groups in total. The maximum atomic E-state index is 2.33. The van der Waals surface area contributed by atoms with Gasteiger partial charge in [-0.05, 0) is 109 Å². The number of fused-ring (bicyclic) bond motifs is 1. The second kappa shape index (κ2) is 14.3. The zero-order chi connectivity index (χ0) is 35.4. The molecule has 0 spiro atoms. The van der Waals surface area contributed by atoms with Gasteiger partial charge in [-0.15, -0.1) is 0 Å². The number of hydrogen-bond acceptors (Lipinski definition) is 1. The first kappa shape index (κ1) is 32.0. The summed E-state index contributed by atoms with van der Waals surface area (Å²) in [5.41, 5.74) is 15.5. The van der Waals surface area contributed by atoms with Crippen LogP contribution in [0.25, 0.3) is 66.4 Å². The van der Waals surface area contributed by atoms with Crippen molar-refractivity contribution in [3.8, 4) is 55.6 Å². The average Bonchev–Trinajstić information content (AvgIpc) is 3.25. The minimum Gasteiger partial charge on any atom is -0.311 e. The normalized spacial score (nSPS) is 11.0. The molecule has 0 aliphatic carbocycles. The molecule has 0 heterocycles. The summed E-state index contributed by atoms with van der Waals surface area (Å²) in [5.74, 6) is 0. The Morgan fingerprint density at radius 3 is 1.21 bits per heavy atom. The van der Waals surface area contributed by atoms with Crippen LogP contribution in [0.3, 0.4) is 0 Å².